The number of hydrogen-bond acceptors (Lipinski definition) is 7. The van der Waals surface area contributed by atoms with Gasteiger partial charge in [-0.2, -0.15) is 0 Å². The highest BCUT2D eigenvalue weighted by atomic mass is 32.2. The van der Waals surface area contributed by atoms with Crippen LogP contribution in [0.3, 0.4) is 0 Å². The first kappa shape index (κ1) is 26.7. The van der Waals surface area contributed by atoms with Crippen LogP contribution >= 0.6 is 23.5 Å². The molecule has 3 aromatic carbocycles. The fourth-order valence-corrected chi connectivity index (χ4v) is 5.79. The van der Waals surface area contributed by atoms with Gasteiger partial charge in [0.05, 0.1) is 5.56 Å². The zero-order valence-electron chi connectivity index (χ0n) is 20.6. The Kier molecular flexibility index (Phi) is 8.84. The summed E-state index contributed by atoms with van der Waals surface area (Å²) in [5, 5.41) is 0.516. The van der Waals surface area contributed by atoms with Gasteiger partial charge in [0.1, 0.15) is 0 Å². The van der Waals surface area contributed by atoms with E-state index in [0.29, 0.717) is 22.1 Å². The summed E-state index contributed by atoms with van der Waals surface area (Å²) in [5.41, 5.74) is 3.01. The summed E-state index contributed by atoms with van der Waals surface area (Å²) in [4.78, 5) is 56.5. The minimum absolute atomic E-state index is 0.0101. The molecule has 8 heteroatoms. The quantitative estimate of drug-likeness (QED) is 0.182. The van der Waals surface area contributed by atoms with E-state index in [-0.39, 0.29) is 30.1 Å². The molecule has 0 aromatic heterocycles. The first-order chi connectivity index (χ1) is 17.8. The van der Waals surface area contributed by atoms with Crippen LogP contribution in [0, 0.1) is 19.8 Å². The number of ketones is 1. The number of carbonyl (C=O) groups is 4. The minimum Gasteiger partial charge on any atom is -0.325 e. The van der Waals surface area contributed by atoms with Gasteiger partial charge in [0.25, 0.3) is 11.8 Å². The van der Waals surface area contributed by atoms with Crippen LogP contribution in [-0.2, 0) is 14.4 Å². The third-order valence-corrected chi connectivity index (χ3v) is 8.25. The number of benzene rings is 3. The SMILES string of the molecule is Cc1ccc(SCC(CSc2ccc(C)cc2)C(=O)c2ccc(C(=O)ON3C(=O)CCC3=O)cc2)cc1. The van der Waals surface area contributed by atoms with Gasteiger partial charge in [0, 0.05) is 45.6 Å². The molecular formula is C29H27NO5S2. The van der Waals surface area contributed by atoms with Crippen LogP contribution in [0.15, 0.2) is 82.6 Å². The van der Waals surface area contributed by atoms with Crippen LogP contribution in [0.25, 0.3) is 0 Å². The predicted molar refractivity (Wildman–Crippen MR) is 145 cm³/mol. The van der Waals surface area contributed by atoms with E-state index in [0.717, 1.165) is 9.79 Å². The Balaban J connectivity index is 1.45. The Morgan fingerprint density at radius 3 is 1.62 bits per heavy atom. The van der Waals surface area contributed by atoms with Crippen LogP contribution in [0.5, 0.6) is 0 Å². The number of aryl methyl sites for hydroxylation is 2. The number of hydroxylamine groups is 2. The van der Waals surface area contributed by atoms with Crippen LogP contribution < -0.4 is 0 Å². The topological polar surface area (TPSA) is 80.8 Å². The molecule has 1 fully saturated rings. The predicted octanol–water partition coefficient (Wildman–Crippen LogP) is 5.91. The van der Waals surface area contributed by atoms with E-state index in [4.69, 9.17) is 4.84 Å². The molecule has 1 heterocycles. The highest BCUT2D eigenvalue weighted by molar-refractivity contribution is 8.00. The third-order valence-electron chi connectivity index (χ3n) is 5.90. The molecule has 37 heavy (non-hydrogen) atoms. The lowest BCUT2D eigenvalue weighted by atomic mass is 10.00. The van der Waals surface area contributed by atoms with Crippen molar-refractivity contribution < 1.29 is 24.0 Å². The maximum Gasteiger partial charge on any atom is 0.363 e. The largest absolute Gasteiger partial charge is 0.363 e. The van der Waals surface area contributed by atoms with Crippen molar-refractivity contribution in [3.8, 4) is 0 Å². The van der Waals surface area contributed by atoms with Crippen LogP contribution in [0.1, 0.15) is 44.7 Å². The first-order valence-corrected chi connectivity index (χ1v) is 13.9. The second-order valence-corrected chi connectivity index (χ2v) is 11.0. The van der Waals surface area contributed by atoms with Crippen molar-refractivity contribution in [2.24, 2.45) is 5.92 Å². The fraction of sp³-hybridized carbons (Fsp3) is 0.241. The third kappa shape index (κ3) is 7.11. The van der Waals surface area contributed by atoms with Gasteiger partial charge in [-0.1, -0.05) is 47.5 Å². The normalized spacial score (nSPS) is 13.3. The highest BCUT2D eigenvalue weighted by Crippen LogP contribution is 2.28. The van der Waals surface area contributed by atoms with Crippen molar-refractivity contribution in [3.63, 3.8) is 0 Å². The molecule has 0 radical (unpaired) electrons. The van der Waals surface area contributed by atoms with Crippen molar-refractivity contribution in [2.75, 3.05) is 11.5 Å². The standard InChI is InChI=1S/C29H27NO5S2/c1-19-3-11-24(12-4-19)36-17-23(18-37-25-13-5-20(2)6-14-25)28(33)21-7-9-22(10-8-21)29(34)35-30-26(31)15-16-27(30)32/h3-14,23H,15-18H2,1-2H3. The summed E-state index contributed by atoms with van der Waals surface area (Å²) in [7, 11) is 0. The average Bonchev–Trinajstić information content (AvgIpc) is 3.22. The molecule has 3 aromatic rings. The number of imide groups is 1. The van der Waals surface area contributed by atoms with E-state index in [1.54, 1.807) is 35.7 Å². The van der Waals surface area contributed by atoms with Crippen molar-refractivity contribution in [1.29, 1.82) is 0 Å². The molecule has 190 valence electrons. The number of nitrogens with zero attached hydrogens (tertiary/aromatic N) is 1. The second-order valence-electron chi connectivity index (χ2n) is 8.85. The van der Waals surface area contributed by atoms with Gasteiger partial charge >= 0.3 is 5.97 Å². The molecule has 0 saturated carbocycles. The number of rotatable bonds is 10. The van der Waals surface area contributed by atoms with Gasteiger partial charge in [-0.3, -0.25) is 14.4 Å². The van der Waals surface area contributed by atoms with Gasteiger partial charge < -0.3 is 4.84 Å². The molecule has 6 nitrogen and oxygen atoms in total. The van der Waals surface area contributed by atoms with Crippen molar-refractivity contribution in [2.45, 2.75) is 36.5 Å². The Bertz CT molecular complexity index is 1220. The number of amides is 2. The Hall–Kier alpha value is -3.36. The Morgan fingerprint density at radius 2 is 1.16 bits per heavy atom. The number of thioether (sulfide) groups is 2. The summed E-state index contributed by atoms with van der Waals surface area (Å²) in [5.74, 6) is -0.924. The first-order valence-electron chi connectivity index (χ1n) is 11.9. The summed E-state index contributed by atoms with van der Waals surface area (Å²) in [6.07, 6.45) is 0.0598. The number of Topliss-reactive ketones (excluding diaryl/α,β-unsaturated/α-hetero) is 1. The maximum atomic E-state index is 13.5. The molecule has 0 unspecified atom stereocenters. The maximum absolute atomic E-state index is 13.5. The molecule has 0 bridgehead atoms. The van der Waals surface area contributed by atoms with Gasteiger partial charge in [0.15, 0.2) is 5.78 Å². The van der Waals surface area contributed by atoms with Gasteiger partial charge in [-0.05, 0) is 50.2 Å². The van der Waals surface area contributed by atoms with E-state index in [2.05, 4.69) is 48.5 Å². The second kappa shape index (κ2) is 12.3. The minimum atomic E-state index is -0.816. The number of carbonyl (C=O) groups excluding carboxylic acids is 4. The van der Waals surface area contributed by atoms with Crippen molar-refractivity contribution in [3.05, 3.63) is 95.1 Å². The molecule has 0 N–H and O–H groups in total. The molecule has 0 spiro atoms. The van der Waals surface area contributed by atoms with E-state index in [9.17, 15) is 19.2 Å². The fourth-order valence-electron chi connectivity index (χ4n) is 3.66. The van der Waals surface area contributed by atoms with Gasteiger partial charge in [-0.25, -0.2) is 4.79 Å². The summed E-state index contributed by atoms with van der Waals surface area (Å²) < 4.78 is 0. The van der Waals surface area contributed by atoms with E-state index >= 15 is 0 Å². The molecule has 2 amide bonds. The molecule has 1 saturated heterocycles. The van der Waals surface area contributed by atoms with Crippen LogP contribution in [-0.4, -0.2) is 40.1 Å². The molecular weight excluding hydrogens is 506 g/mol. The van der Waals surface area contributed by atoms with E-state index < -0.39 is 17.8 Å². The lowest BCUT2D eigenvalue weighted by Crippen LogP contribution is -2.32. The van der Waals surface area contributed by atoms with Crippen LogP contribution in [0.2, 0.25) is 0 Å². The number of hydrogen-bond donors (Lipinski definition) is 0. The summed E-state index contributed by atoms with van der Waals surface area (Å²) in [6, 6.07) is 22.6. The Morgan fingerprint density at radius 1 is 0.730 bits per heavy atom. The average molecular weight is 534 g/mol. The highest BCUT2D eigenvalue weighted by Gasteiger charge is 2.33. The molecule has 1 aliphatic rings. The zero-order valence-corrected chi connectivity index (χ0v) is 22.3. The summed E-state index contributed by atoms with van der Waals surface area (Å²) >= 11 is 3.29. The molecule has 1 aliphatic heterocycles. The molecule has 0 atom stereocenters. The van der Waals surface area contributed by atoms with Crippen molar-refractivity contribution in [1.82, 2.24) is 5.06 Å². The zero-order chi connectivity index (χ0) is 26.4. The molecule has 4 rings (SSSR count). The van der Waals surface area contributed by atoms with Gasteiger partial charge in [0.2, 0.25) is 0 Å². The Labute approximate surface area is 224 Å². The van der Waals surface area contributed by atoms with Gasteiger partial charge in [-0.15, -0.1) is 28.6 Å². The smallest absolute Gasteiger partial charge is 0.325 e. The monoisotopic (exact) mass is 533 g/mol. The van der Waals surface area contributed by atoms with Crippen molar-refractivity contribution >= 4 is 47.1 Å². The lowest BCUT2D eigenvalue weighted by Gasteiger charge is -2.16. The lowest BCUT2D eigenvalue weighted by molar-refractivity contribution is -0.172. The van der Waals surface area contributed by atoms with Crippen LogP contribution in [0.4, 0.5) is 0 Å². The summed E-state index contributed by atoms with van der Waals surface area (Å²) in [6.45, 7) is 4.08. The molecule has 0 aliphatic carbocycles. The van der Waals surface area contributed by atoms with E-state index in [1.807, 2.05) is 13.8 Å². The van der Waals surface area contributed by atoms with E-state index in [1.165, 1.54) is 23.3 Å².